The fourth-order valence-electron chi connectivity index (χ4n) is 2.15. The number of hydrogen-bond acceptors (Lipinski definition) is 4. The smallest absolute Gasteiger partial charge is 0.281 e. The second-order valence-electron chi connectivity index (χ2n) is 4.70. The number of fused-ring (bicyclic) bond motifs is 1. The van der Waals surface area contributed by atoms with Crippen LogP contribution in [0.15, 0.2) is 69.1 Å². The Morgan fingerprint density at radius 1 is 1.00 bits per heavy atom. The van der Waals surface area contributed by atoms with Crippen molar-refractivity contribution >= 4 is 22.7 Å². The molecule has 0 saturated carbocycles. The van der Waals surface area contributed by atoms with Crippen molar-refractivity contribution in [3.8, 4) is 11.6 Å². The van der Waals surface area contributed by atoms with Crippen LogP contribution in [0.5, 0.6) is 0 Å². The molecular weight excluding hydrogens is 301 g/mol. The summed E-state index contributed by atoms with van der Waals surface area (Å²) < 4.78 is 18.5. The van der Waals surface area contributed by atoms with E-state index in [2.05, 4.69) is 15.2 Å². The highest BCUT2D eigenvalue weighted by Crippen LogP contribution is 2.30. The Labute approximate surface area is 129 Å². The Kier molecular flexibility index (Phi) is 3.16. The minimum Gasteiger partial charge on any atom is -0.409 e. The SMILES string of the molecule is Fc1ccc(Sc2nnc(-c3cc4ccccc4[nH]3)o2)cc1. The topological polar surface area (TPSA) is 54.7 Å². The van der Waals surface area contributed by atoms with Crippen molar-refractivity contribution in [3.63, 3.8) is 0 Å². The third-order valence-electron chi connectivity index (χ3n) is 3.19. The summed E-state index contributed by atoms with van der Waals surface area (Å²) in [5.41, 5.74) is 1.79. The molecule has 0 radical (unpaired) electrons. The minimum absolute atomic E-state index is 0.270. The van der Waals surface area contributed by atoms with Gasteiger partial charge in [0.25, 0.3) is 11.1 Å². The van der Waals surface area contributed by atoms with Crippen LogP contribution in [0.1, 0.15) is 0 Å². The molecular formula is C16H10FN3OS. The van der Waals surface area contributed by atoms with E-state index in [4.69, 9.17) is 4.42 Å². The summed E-state index contributed by atoms with van der Waals surface area (Å²) >= 11 is 1.30. The van der Waals surface area contributed by atoms with Crippen LogP contribution in [-0.2, 0) is 0 Å². The summed E-state index contributed by atoms with van der Waals surface area (Å²) in [7, 11) is 0. The molecule has 4 aromatic rings. The molecule has 0 aliphatic heterocycles. The largest absolute Gasteiger partial charge is 0.409 e. The lowest BCUT2D eigenvalue weighted by Gasteiger charge is -1.95. The maximum Gasteiger partial charge on any atom is 0.281 e. The third kappa shape index (κ3) is 2.48. The molecule has 0 amide bonds. The Morgan fingerprint density at radius 2 is 1.82 bits per heavy atom. The zero-order valence-corrected chi connectivity index (χ0v) is 12.1. The third-order valence-corrected chi connectivity index (χ3v) is 4.03. The summed E-state index contributed by atoms with van der Waals surface area (Å²) in [6.45, 7) is 0. The van der Waals surface area contributed by atoms with Crippen LogP contribution in [0.2, 0.25) is 0 Å². The highest BCUT2D eigenvalue weighted by molar-refractivity contribution is 7.99. The van der Waals surface area contributed by atoms with Crippen molar-refractivity contribution in [2.45, 2.75) is 10.1 Å². The Balaban J connectivity index is 1.61. The van der Waals surface area contributed by atoms with E-state index in [0.717, 1.165) is 21.5 Å². The Morgan fingerprint density at radius 3 is 2.64 bits per heavy atom. The molecule has 1 N–H and O–H groups in total. The first-order valence-electron chi connectivity index (χ1n) is 6.63. The predicted octanol–water partition coefficient (Wildman–Crippen LogP) is 4.51. The first-order chi connectivity index (χ1) is 10.8. The first-order valence-corrected chi connectivity index (χ1v) is 7.45. The van der Waals surface area contributed by atoms with Crippen molar-refractivity contribution in [3.05, 3.63) is 60.4 Å². The van der Waals surface area contributed by atoms with Gasteiger partial charge in [-0.3, -0.25) is 0 Å². The van der Waals surface area contributed by atoms with Gasteiger partial charge in [-0.15, -0.1) is 10.2 Å². The van der Waals surface area contributed by atoms with E-state index in [1.54, 1.807) is 12.1 Å². The van der Waals surface area contributed by atoms with Crippen LogP contribution < -0.4 is 0 Å². The number of hydrogen-bond donors (Lipinski definition) is 1. The molecule has 0 aliphatic rings. The molecule has 0 atom stereocenters. The van der Waals surface area contributed by atoms with E-state index < -0.39 is 0 Å². The van der Waals surface area contributed by atoms with Gasteiger partial charge in [-0.2, -0.15) is 0 Å². The zero-order chi connectivity index (χ0) is 14.9. The predicted molar refractivity (Wildman–Crippen MR) is 82.1 cm³/mol. The monoisotopic (exact) mass is 311 g/mol. The molecule has 0 unspecified atom stereocenters. The maximum absolute atomic E-state index is 12.9. The van der Waals surface area contributed by atoms with Crippen LogP contribution in [0.3, 0.4) is 0 Å². The molecule has 0 fully saturated rings. The number of halogens is 1. The van der Waals surface area contributed by atoms with Crippen molar-refractivity contribution in [1.82, 2.24) is 15.2 Å². The Bertz CT molecular complexity index is 897. The number of nitrogens with one attached hydrogen (secondary N) is 1. The quantitative estimate of drug-likeness (QED) is 0.605. The summed E-state index contributed by atoms with van der Waals surface area (Å²) in [6.07, 6.45) is 0. The summed E-state index contributed by atoms with van der Waals surface area (Å²) in [6, 6.07) is 16.1. The Hall–Kier alpha value is -2.60. The fraction of sp³-hybridized carbons (Fsp3) is 0. The van der Waals surface area contributed by atoms with E-state index in [0.29, 0.717) is 11.1 Å². The van der Waals surface area contributed by atoms with Crippen LogP contribution in [0.4, 0.5) is 4.39 Å². The summed E-state index contributed by atoms with van der Waals surface area (Å²) in [5.74, 6) is 0.162. The molecule has 0 spiro atoms. The van der Waals surface area contributed by atoms with E-state index in [-0.39, 0.29) is 5.82 Å². The molecule has 0 saturated heterocycles. The second kappa shape index (κ2) is 5.31. The number of nitrogens with zero attached hydrogens (tertiary/aromatic N) is 2. The lowest BCUT2D eigenvalue weighted by atomic mass is 10.2. The molecule has 22 heavy (non-hydrogen) atoms. The van der Waals surface area contributed by atoms with E-state index in [1.165, 1.54) is 23.9 Å². The minimum atomic E-state index is -0.270. The number of benzene rings is 2. The first kappa shape index (κ1) is 13.1. The average Bonchev–Trinajstić information content (AvgIpc) is 3.15. The molecule has 108 valence electrons. The molecule has 2 heterocycles. The van der Waals surface area contributed by atoms with E-state index >= 15 is 0 Å². The van der Waals surface area contributed by atoms with Crippen molar-refractivity contribution < 1.29 is 8.81 Å². The van der Waals surface area contributed by atoms with Gasteiger partial charge in [-0.25, -0.2) is 4.39 Å². The van der Waals surface area contributed by atoms with Gasteiger partial charge < -0.3 is 9.40 Å². The standard InChI is InChI=1S/C16H10FN3OS/c17-11-5-7-12(8-6-11)22-16-20-19-15(21-16)14-9-10-3-1-2-4-13(10)18-14/h1-9,18H. The maximum atomic E-state index is 12.9. The summed E-state index contributed by atoms with van der Waals surface area (Å²) in [5, 5.41) is 9.57. The van der Waals surface area contributed by atoms with Gasteiger partial charge in [0.1, 0.15) is 11.5 Å². The molecule has 4 nitrogen and oxygen atoms in total. The highest BCUT2D eigenvalue weighted by Gasteiger charge is 2.12. The van der Waals surface area contributed by atoms with Crippen LogP contribution >= 0.6 is 11.8 Å². The highest BCUT2D eigenvalue weighted by atomic mass is 32.2. The lowest BCUT2D eigenvalue weighted by molar-refractivity contribution is 0.465. The van der Waals surface area contributed by atoms with E-state index in [1.807, 2.05) is 30.3 Å². The van der Waals surface area contributed by atoms with Gasteiger partial charge in [-0.05, 0) is 48.2 Å². The molecule has 6 heteroatoms. The van der Waals surface area contributed by atoms with Gasteiger partial charge in [-0.1, -0.05) is 18.2 Å². The number of aromatic amines is 1. The number of H-pyrrole nitrogens is 1. The van der Waals surface area contributed by atoms with Crippen molar-refractivity contribution in [2.75, 3.05) is 0 Å². The van der Waals surface area contributed by atoms with Crippen LogP contribution in [0.25, 0.3) is 22.5 Å². The second-order valence-corrected chi connectivity index (χ2v) is 5.72. The number of rotatable bonds is 3. The normalized spacial score (nSPS) is 11.1. The van der Waals surface area contributed by atoms with Crippen LogP contribution in [0, 0.1) is 5.82 Å². The molecule has 2 aromatic heterocycles. The molecule has 4 rings (SSSR count). The molecule has 0 aliphatic carbocycles. The van der Waals surface area contributed by atoms with Gasteiger partial charge in [0, 0.05) is 15.8 Å². The average molecular weight is 311 g/mol. The summed E-state index contributed by atoms with van der Waals surface area (Å²) in [4.78, 5) is 4.08. The van der Waals surface area contributed by atoms with Crippen molar-refractivity contribution in [1.29, 1.82) is 0 Å². The molecule has 2 aromatic carbocycles. The van der Waals surface area contributed by atoms with Gasteiger partial charge in [0.05, 0.1) is 0 Å². The van der Waals surface area contributed by atoms with Gasteiger partial charge in [0.15, 0.2) is 0 Å². The van der Waals surface area contributed by atoms with E-state index in [9.17, 15) is 4.39 Å². The number of aromatic nitrogens is 3. The zero-order valence-electron chi connectivity index (χ0n) is 11.3. The van der Waals surface area contributed by atoms with Gasteiger partial charge in [0.2, 0.25) is 0 Å². The number of para-hydroxylation sites is 1. The fourth-order valence-corrected chi connectivity index (χ4v) is 2.83. The lowest BCUT2D eigenvalue weighted by Crippen LogP contribution is -1.76. The van der Waals surface area contributed by atoms with Crippen molar-refractivity contribution in [2.24, 2.45) is 0 Å². The van der Waals surface area contributed by atoms with Gasteiger partial charge >= 0.3 is 0 Å². The van der Waals surface area contributed by atoms with Crippen LogP contribution in [-0.4, -0.2) is 15.2 Å². The molecule has 0 bridgehead atoms.